The minimum atomic E-state index is -0.135. The Labute approximate surface area is 148 Å². The second-order valence-corrected chi connectivity index (χ2v) is 7.84. The number of benzene rings is 1. The lowest BCUT2D eigenvalue weighted by Crippen LogP contribution is -2.15. The predicted octanol–water partition coefficient (Wildman–Crippen LogP) is 4.77. The average molecular weight is 441 g/mol. The molecule has 0 spiro atoms. The van der Waals surface area contributed by atoms with Crippen LogP contribution in [0.25, 0.3) is 0 Å². The normalized spacial score (nSPS) is 10.6. The van der Waals surface area contributed by atoms with Crippen LogP contribution >= 0.6 is 43.2 Å². The van der Waals surface area contributed by atoms with Crippen LogP contribution in [0.1, 0.15) is 15.2 Å². The maximum Gasteiger partial charge on any atom is 0.266 e. The Morgan fingerprint density at radius 3 is 2.73 bits per heavy atom. The van der Waals surface area contributed by atoms with E-state index in [-0.39, 0.29) is 5.91 Å². The zero-order valence-electron chi connectivity index (χ0n) is 11.3. The molecular weight excluding hydrogens is 430 g/mol. The van der Waals surface area contributed by atoms with E-state index in [1.54, 1.807) is 23.0 Å². The summed E-state index contributed by atoms with van der Waals surface area (Å²) in [6, 6.07) is 13.4. The van der Waals surface area contributed by atoms with Gasteiger partial charge in [0.1, 0.15) is 5.82 Å². The molecule has 112 valence electrons. The molecule has 3 rings (SSSR count). The molecule has 1 aromatic carbocycles. The third-order valence-electron chi connectivity index (χ3n) is 3.03. The number of nitrogens with zero attached hydrogens (tertiary/aromatic N) is 2. The van der Waals surface area contributed by atoms with Gasteiger partial charge in [-0.3, -0.25) is 4.79 Å². The van der Waals surface area contributed by atoms with Crippen LogP contribution in [-0.2, 0) is 6.54 Å². The van der Waals surface area contributed by atoms with E-state index in [0.717, 1.165) is 13.8 Å². The predicted molar refractivity (Wildman–Crippen MR) is 95.4 cm³/mol. The highest BCUT2D eigenvalue weighted by Gasteiger charge is 2.12. The first-order valence-electron chi connectivity index (χ1n) is 6.45. The third kappa shape index (κ3) is 3.48. The summed E-state index contributed by atoms with van der Waals surface area (Å²) >= 11 is 8.28. The van der Waals surface area contributed by atoms with Crippen LogP contribution in [0.2, 0.25) is 0 Å². The number of halogens is 2. The molecule has 1 amide bonds. The number of hydrogen-bond acceptors (Lipinski definition) is 3. The van der Waals surface area contributed by atoms with Crippen molar-refractivity contribution in [3.63, 3.8) is 0 Å². The zero-order chi connectivity index (χ0) is 15.5. The first kappa shape index (κ1) is 15.5. The Kier molecular flexibility index (Phi) is 4.75. The van der Waals surface area contributed by atoms with Crippen LogP contribution in [-0.4, -0.2) is 15.7 Å². The summed E-state index contributed by atoms with van der Waals surface area (Å²) in [6.45, 7) is 0.582. The number of amides is 1. The van der Waals surface area contributed by atoms with Gasteiger partial charge >= 0.3 is 0 Å². The summed E-state index contributed by atoms with van der Waals surface area (Å²) in [6.07, 6.45) is 1.68. The molecule has 1 N–H and O–H groups in total. The molecule has 22 heavy (non-hydrogen) atoms. The quantitative estimate of drug-likeness (QED) is 0.635. The van der Waals surface area contributed by atoms with Gasteiger partial charge in [-0.15, -0.1) is 11.3 Å². The zero-order valence-corrected chi connectivity index (χ0v) is 15.3. The molecular formula is C15H11Br2N3OS. The van der Waals surface area contributed by atoms with E-state index in [0.29, 0.717) is 17.2 Å². The number of rotatable bonds is 4. The first-order chi connectivity index (χ1) is 10.6. The van der Waals surface area contributed by atoms with Crippen LogP contribution in [0.3, 0.4) is 0 Å². The number of thiophene rings is 1. The molecule has 0 aliphatic rings. The fourth-order valence-electron chi connectivity index (χ4n) is 1.97. The van der Waals surface area contributed by atoms with Crippen molar-refractivity contribution >= 4 is 54.9 Å². The van der Waals surface area contributed by atoms with E-state index < -0.39 is 0 Å². The highest BCUT2D eigenvalue weighted by molar-refractivity contribution is 9.11. The molecule has 3 aromatic rings. The van der Waals surface area contributed by atoms with E-state index in [1.165, 1.54) is 11.3 Å². The average Bonchev–Trinajstić information content (AvgIpc) is 3.11. The standard InChI is InChI=1S/C15H11Br2N3OS/c16-11-4-2-1-3-10(11)9-20-14(7-8-18-20)19-15(21)12-5-6-13(17)22-12/h1-8H,9H2,(H,19,21). The number of hydrogen-bond donors (Lipinski definition) is 1. The Bertz CT molecular complexity index is 812. The molecule has 2 heterocycles. The Hall–Kier alpha value is -1.44. The van der Waals surface area contributed by atoms with Crippen molar-refractivity contribution in [2.45, 2.75) is 6.54 Å². The largest absolute Gasteiger partial charge is 0.306 e. The van der Waals surface area contributed by atoms with Crippen molar-refractivity contribution in [3.05, 3.63) is 67.4 Å². The molecule has 2 aromatic heterocycles. The van der Waals surface area contributed by atoms with Crippen LogP contribution in [0, 0.1) is 0 Å². The molecule has 0 fully saturated rings. The Morgan fingerprint density at radius 1 is 1.18 bits per heavy atom. The maximum absolute atomic E-state index is 12.2. The SMILES string of the molecule is O=C(Nc1ccnn1Cc1ccccc1Br)c1ccc(Br)s1. The third-order valence-corrected chi connectivity index (χ3v) is 5.43. The summed E-state index contributed by atoms with van der Waals surface area (Å²) in [5, 5.41) is 7.18. The summed E-state index contributed by atoms with van der Waals surface area (Å²) in [5.74, 6) is 0.537. The summed E-state index contributed by atoms with van der Waals surface area (Å²) in [7, 11) is 0. The van der Waals surface area contributed by atoms with E-state index >= 15 is 0 Å². The lowest BCUT2D eigenvalue weighted by Gasteiger charge is -2.09. The summed E-state index contributed by atoms with van der Waals surface area (Å²) in [4.78, 5) is 12.9. The molecule has 0 atom stereocenters. The number of carbonyl (C=O) groups is 1. The lowest BCUT2D eigenvalue weighted by atomic mass is 10.2. The topological polar surface area (TPSA) is 46.9 Å². The number of nitrogens with one attached hydrogen (secondary N) is 1. The summed E-state index contributed by atoms with van der Waals surface area (Å²) < 4.78 is 3.71. The van der Waals surface area contributed by atoms with Crippen LogP contribution < -0.4 is 5.32 Å². The van der Waals surface area contributed by atoms with E-state index in [4.69, 9.17) is 0 Å². The van der Waals surface area contributed by atoms with E-state index in [2.05, 4.69) is 42.3 Å². The molecule has 0 saturated carbocycles. The van der Waals surface area contributed by atoms with Crippen molar-refractivity contribution in [3.8, 4) is 0 Å². The second-order valence-electron chi connectivity index (χ2n) is 4.52. The molecule has 4 nitrogen and oxygen atoms in total. The number of aromatic nitrogens is 2. The monoisotopic (exact) mass is 439 g/mol. The van der Waals surface area contributed by atoms with Gasteiger partial charge in [0.05, 0.1) is 21.4 Å². The van der Waals surface area contributed by atoms with Gasteiger partial charge in [0.2, 0.25) is 0 Å². The number of carbonyl (C=O) groups excluding carboxylic acids is 1. The van der Waals surface area contributed by atoms with Gasteiger partial charge in [-0.2, -0.15) is 5.10 Å². The maximum atomic E-state index is 12.2. The van der Waals surface area contributed by atoms with E-state index in [9.17, 15) is 4.79 Å². The minimum absolute atomic E-state index is 0.135. The fourth-order valence-corrected chi connectivity index (χ4v) is 3.66. The van der Waals surface area contributed by atoms with Gasteiger partial charge in [0.15, 0.2) is 0 Å². The van der Waals surface area contributed by atoms with Crippen LogP contribution in [0.4, 0.5) is 5.82 Å². The molecule has 0 aliphatic heterocycles. The second kappa shape index (κ2) is 6.76. The van der Waals surface area contributed by atoms with E-state index in [1.807, 2.05) is 30.3 Å². The van der Waals surface area contributed by atoms with Crippen molar-refractivity contribution < 1.29 is 4.79 Å². The van der Waals surface area contributed by atoms with Gasteiger partial charge in [-0.1, -0.05) is 34.1 Å². The van der Waals surface area contributed by atoms with Crippen LogP contribution in [0.5, 0.6) is 0 Å². The van der Waals surface area contributed by atoms with Crippen molar-refractivity contribution in [1.29, 1.82) is 0 Å². The van der Waals surface area contributed by atoms with Crippen molar-refractivity contribution in [2.75, 3.05) is 5.32 Å². The van der Waals surface area contributed by atoms with Gasteiger partial charge in [-0.25, -0.2) is 4.68 Å². The van der Waals surface area contributed by atoms with Gasteiger partial charge < -0.3 is 5.32 Å². The molecule has 7 heteroatoms. The molecule has 0 saturated heterocycles. The first-order valence-corrected chi connectivity index (χ1v) is 8.85. The Morgan fingerprint density at radius 2 is 2.00 bits per heavy atom. The molecule has 0 bridgehead atoms. The number of anilines is 1. The fraction of sp³-hybridized carbons (Fsp3) is 0.0667. The summed E-state index contributed by atoms with van der Waals surface area (Å²) in [5.41, 5.74) is 1.10. The highest BCUT2D eigenvalue weighted by atomic mass is 79.9. The Balaban J connectivity index is 1.78. The van der Waals surface area contributed by atoms with Gasteiger partial charge in [0.25, 0.3) is 5.91 Å². The molecule has 0 radical (unpaired) electrons. The molecule has 0 unspecified atom stereocenters. The van der Waals surface area contributed by atoms with Crippen LogP contribution in [0.15, 0.2) is 56.9 Å². The van der Waals surface area contributed by atoms with Gasteiger partial charge in [-0.05, 0) is 39.7 Å². The van der Waals surface area contributed by atoms with Gasteiger partial charge in [0, 0.05) is 10.5 Å². The minimum Gasteiger partial charge on any atom is -0.306 e. The highest BCUT2D eigenvalue weighted by Crippen LogP contribution is 2.23. The van der Waals surface area contributed by atoms with Crippen molar-refractivity contribution in [2.24, 2.45) is 0 Å². The molecule has 0 aliphatic carbocycles. The van der Waals surface area contributed by atoms with Crippen molar-refractivity contribution in [1.82, 2.24) is 9.78 Å². The lowest BCUT2D eigenvalue weighted by molar-refractivity contribution is 0.102. The smallest absolute Gasteiger partial charge is 0.266 e.